The van der Waals surface area contributed by atoms with Gasteiger partial charge in [0.05, 0.1) is 12.1 Å². The second kappa shape index (κ2) is 6.12. The molecular weight excluding hydrogens is 240 g/mol. The third-order valence-corrected chi connectivity index (χ3v) is 3.75. The van der Waals surface area contributed by atoms with Gasteiger partial charge in [0.2, 0.25) is 5.91 Å². The first-order valence-electron chi connectivity index (χ1n) is 6.82. The van der Waals surface area contributed by atoms with Gasteiger partial charge in [-0.15, -0.1) is 0 Å². The lowest BCUT2D eigenvalue weighted by Gasteiger charge is -2.41. The highest BCUT2D eigenvalue weighted by Crippen LogP contribution is 2.30. The molecule has 1 amide bonds. The van der Waals surface area contributed by atoms with Crippen molar-refractivity contribution in [1.29, 1.82) is 0 Å². The van der Waals surface area contributed by atoms with Crippen LogP contribution in [0.15, 0.2) is 24.5 Å². The largest absolute Gasteiger partial charge is 0.368 e. The number of piperidine rings is 1. The molecule has 0 radical (unpaired) electrons. The number of carbonyl (C=O) groups is 1. The Balaban J connectivity index is 2.30. The molecule has 0 bridgehead atoms. The molecular formula is C14H22N4O. The van der Waals surface area contributed by atoms with Crippen LogP contribution < -0.4 is 11.5 Å². The van der Waals surface area contributed by atoms with E-state index in [0.29, 0.717) is 0 Å². The van der Waals surface area contributed by atoms with E-state index in [1.54, 1.807) is 6.20 Å². The van der Waals surface area contributed by atoms with Gasteiger partial charge in [-0.25, -0.2) is 0 Å². The number of aromatic nitrogens is 1. The van der Waals surface area contributed by atoms with E-state index in [0.717, 1.165) is 31.4 Å². The monoisotopic (exact) mass is 262 g/mol. The van der Waals surface area contributed by atoms with Crippen LogP contribution in [0, 0.1) is 0 Å². The highest BCUT2D eigenvalue weighted by atomic mass is 16.1. The van der Waals surface area contributed by atoms with Crippen molar-refractivity contribution in [3.8, 4) is 0 Å². The van der Waals surface area contributed by atoms with E-state index >= 15 is 0 Å². The van der Waals surface area contributed by atoms with Crippen LogP contribution in [0.25, 0.3) is 0 Å². The second-order valence-electron chi connectivity index (χ2n) is 5.24. The van der Waals surface area contributed by atoms with Crippen molar-refractivity contribution in [3.63, 3.8) is 0 Å². The van der Waals surface area contributed by atoms with Crippen molar-refractivity contribution in [2.75, 3.05) is 6.54 Å². The molecule has 3 unspecified atom stereocenters. The average Bonchev–Trinajstić information content (AvgIpc) is 2.40. The topological polar surface area (TPSA) is 85.2 Å². The van der Waals surface area contributed by atoms with Crippen molar-refractivity contribution in [3.05, 3.63) is 30.1 Å². The normalized spacial score (nSPS) is 23.8. The number of nitrogens with zero attached hydrogens (tertiary/aromatic N) is 2. The maximum atomic E-state index is 11.6. The van der Waals surface area contributed by atoms with E-state index in [2.05, 4.69) is 9.88 Å². The lowest BCUT2D eigenvalue weighted by molar-refractivity contribution is -0.125. The molecule has 1 aromatic rings. The summed E-state index contributed by atoms with van der Waals surface area (Å²) in [6, 6.07) is 3.60. The maximum absolute atomic E-state index is 11.6. The lowest BCUT2D eigenvalue weighted by atomic mass is 9.93. The number of carbonyl (C=O) groups excluding carboxylic acids is 1. The van der Waals surface area contributed by atoms with Crippen LogP contribution in [0.1, 0.15) is 37.8 Å². The Morgan fingerprint density at radius 3 is 2.89 bits per heavy atom. The third-order valence-electron chi connectivity index (χ3n) is 3.75. The van der Waals surface area contributed by atoms with Gasteiger partial charge in [0.15, 0.2) is 0 Å². The van der Waals surface area contributed by atoms with Crippen LogP contribution >= 0.6 is 0 Å². The van der Waals surface area contributed by atoms with Crippen LogP contribution in [0.2, 0.25) is 0 Å². The Labute approximate surface area is 114 Å². The van der Waals surface area contributed by atoms with Crippen LogP contribution in [0.3, 0.4) is 0 Å². The van der Waals surface area contributed by atoms with Crippen LogP contribution in [0.5, 0.6) is 0 Å². The minimum atomic E-state index is -0.255. The van der Waals surface area contributed by atoms with Gasteiger partial charge in [-0.3, -0.25) is 14.7 Å². The number of pyridine rings is 1. The fourth-order valence-corrected chi connectivity index (χ4v) is 2.94. The third kappa shape index (κ3) is 3.11. The lowest BCUT2D eigenvalue weighted by Crippen LogP contribution is -2.52. The Kier molecular flexibility index (Phi) is 4.50. The zero-order chi connectivity index (χ0) is 13.8. The van der Waals surface area contributed by atoms with Gasteiger partial charge in [0.25, 0.3) is 0 Å². The molecule has 1 aliphatic heterocycles. The summed E-state index contributed by atoms with van der Waals surface area (Å²) in [4.78, 5) is 17.9. The predicted octanol–water partition coefficient (Wildman–Crippen LogP) is 0.810. The standard InChI is InChI=1S/C14H22N4O/c1-10(15)13(11-5-4-7-17-9-11)18-8-3-2-6-12(18)14(16)19/h4-5,7,9-10,12-13H,2-3,6,8,15H2,1H3,(H2,16,19). The van der Waals surface area contributed by atoms with Crippen molar-refractivity contribution >= 4 is 5.91 Å². The minimum Gasteiger partial charge on any atom is -0.368 e. The molecule has 5 heteroatoms. The second-order valence-corrected chi connectivity index (χ2v) is 5.24. The van der Waals surface area contributed by atoms with Crippen molar-refractivity contribution in [1.82, 2.24) is 9.88 Å². The maximum Gasteiger partial charge on any atom is 0.234 e. The first-order valence-corrected chi connectivity index (χ1v) is 6.82. The van der Waals surface area contributed by atoms with Crippen LogP contribution in [0.4, 0.5) is 0 Å². The molecule has 4 N–H and O–H groups in total. The summed E-state index contributed by atoms with van der Waals surface area (Å²) in [7, 11) is 0. The summed E-state index contributed by atoms with van der Waals surface area (Å²) >= 11 is 0. The van der Waals surface area contributed by atoms with E-state index in [9.17, 15) is 4.79 Å². The van der Waals surface area contributed by atoms with E-state index in [-0.39, 0.29) is 24.0 Å². The first kappa shape index (κ1) is 14.0. The average molecular weight is 262 g/mol. The van der Waals surface area contributed by atoms with Gasteiger partial charge in [-0.05, 0) is 37.9 Å². The van der Waals surface area contributed by atoms with Gasteiger partial charge >= 0.3 is 0 Å². The molecule has 2 rings (SSSR count). The molecule has 0 saturated carbocycles. The number of likely N-dealkylation sites (tertiary alicyclic amines) is 1. The van der Waals surface area contributed by atoms with Crippen molar-refractivity contribution in [2.45, 2.75) is 44.3 Å². The van der Waals surface area contributed by atoms with E-state index in [4.69, 9.17) is 11.5 Å². The highest BCUT2D eigenvalue weighted by molar-refractivity contribution is 5.80. The van der Waals surface area contributed by atoms with Gasteiger partial charge in [-0.1, -0.05) is 12.5 Å². The summed E-state index contributed by atoms with van der Waals surface area (Å²) in [6.07, 6.45) is 6.50. The first-order chi connectivity index (χ1) is 9.11. The summed E-state index contributed by atoms with van der Waals surface area (Å²) in [6.45, 7) is 2.82. The molecule has 19 heavy (non-hydrogen) atoms. The van der Waals surface area contributed by atoms with Crippen molar-refractivity contribution in [2.24, 2.45) is 11.5 Å². The minimum absolute atomic E-state index is 0.00787. The molecule has 1 fully saturated rings. The number of rotatable bonds is 4. The number of nitrogens with two attached hydrogens (primary N) is 2. The molecule has 104 valence electrons. The Morgan fingerprint density at radius 2 is 2.32 bits per heavy atom. The van der Waals surface area contributed by atoms with Crippen LogP contribution in [-0.4, -0.2) is 34.4 Å². The SMILES string of the molecule is CC(N)C(c1cccnc1)N1CCCCC1C(N)=O. The Bertz CT molecular complexity index is 421. The number of hydrogen-bond donors (Lipinski definition) is 2. The fraction of sp³-hybridized carbons (Fsp3) is 0.571. The smallest absolute Gasteiger partial charge is 0.234 e. The summed E-state index contributed by atoms with van der Waals surface area (Å²) < 4.78 is 0. The molecule has 5 nitrogen and oxygen atoms in total. The predicted molar refractivity (Wildman–Crippen MR) is 74.2 cm³/mol. The molecule has 1 aromatic heterocycles. The van der Waals surface area contributed by atoms with Gasteiger partial charge in [-0.2, -0.15) is 0 Å². The number of hydrogen-bond acceptors (Lipinski definition) is 4. The van der Waals surface area contributed by atoms with Gasteiger partial charge in [0.1, 0.15) is 0 Å². The Hall–Kier alpha value is -1.46. The zero-order valence-corrected chi connectivity index (χ0v) is 11.3. The summed E-state index contributed by atoms with van der Waals surface area (Å²) in [5.74, 6) is -0.255. The quantitative estimate of drug-likeness (QED) is 0.841. The summed E-state index contributed by atoms with van der Waals surface area (Å²) in [5, 5.41) is 0. The molecule has 0 aromatic carbocycles. The zero-order valence-electron chi connectivity index (χ0n) is 11.3. The molecule has 1 saturated heterocycles. The van der Waals surface area contributed by atoms with E-state index < -0.39 is 0 Å². The van der Waals surface area contributed by atoms with Crippen LogP contribution in [-0.2, 0) is 4.79 Å². The Morgan fingerprint density at radius 1 is 1.53 bits per heavy atom. The number of amides is 1. The molecule has 0 spiro atoms. The molecule has 0 aliphatic carbocycles. The van der Waals surface area contributed by atoms with Crippen molar-refractivity contribution < 1.29 is 4.79 Å². The summed E-state index contributed by atoms with van der Waals surface area (Å²) in [5.41, 5.74) is 12.7. The van der Waals surface area contributed by atoms with E-state index in [1.165, 1.54) is 0 Å². The number of primary amides is 1. The van der Waals surface area contributed by atoms with Gasteiger partial charge in [0, 0.05) is 18.4 Å². The molecule has 2 heterocycles. The van der Waals surface area contributed by atoms with Gasteiger partial charge < -0.3 is 11.5 Å². The highest BCUT2D eigenvalue weighted by Gasteiger charge is 2.34. The molecule has 1 aliphatic rings. The fourth-order valence-electron chi connectivity index (χ4n) is 2.94. The van der Waals surface area contributed by atoms with E-state index in [1.807, 2.05) is 25.3 Å². The molecule has 3 atom stereocenters.